The molecule has 0 radical (unpaired) electrons. The van der Waals surface area contributed by atoms with E-state index in [1.807, 2.05) is 78.3 Å². The van der Waals surface area contributed by atoms with Crippen LogP contribution in [0.4, 0.5) is 5.69 Å². The summed E-state index contributed by atoms with van der Waals surface area (Å²) in [4.78, 5) is 13.5. The number of carbonyl (C=O) groups excluding carboxylic acids is 1. The molecule has 1 aliphatic rings. The van der Waals surface area contributed by atoms with Crippen LogP contribution < -0.4 is 15.5 Å². The molecular formula is C25H22ClN5O2S. The summed E-state index contributed by atoms with van der Waals surface area (Å²) in [5.41, 5.74) is 6.94. The van der Waals surface area contributed by atoms with E-state index in [1.165, 1.54) is 11.8 Å². The van der Waals surface area contributed by atoms with E-state index in [1.54, 1.807) is 13.2 Å². The van der Waals surface area contributed by atoms with Crippen LogP contribution in [0.25, 0.3) is 11.4 Å². The SMILES string of the molecule is COc1ccc(C2Nn3c(nnc3-c3ccccc3)SC2C(=O)Nc2ccc(C)c(Cl)c2)cc1. The van der Waals surface area contributed by atoms with Gasteiger partial charge in [0.2, 0.25) is 11.1 Å². The number of aryl methyl sites for hydroxylation is 1. The third kappa shape index (κ3) is 4.34. The Morgan fingerprint density at radius 1 is 1.09 bits per heavy atom. The van der Waals surface area contributed by atoms with Crippen LogP contribution in [0.1, 0.15) is 17.2 Å². The normalized spacial score (nSPS) is 16.9. The van der Waals surface area contributed by atoms with Crippen molar-refractivity contribution in [1.29, 1.82) is 0 Å². The summed E-state index contributed by atoms with van der Waals surface area (Å²) in [6.45, 7) is 1.92. The molecule has 172 valence electrons. The Bertz CT molecular complexity index is 1330. The van der Waals surface area contributed by atoms with Crippen molar-refractivity contribution in [3.8, 4) is 17.1 Å². The molecule has 2 atom stereocenters. The van der Waals surface area contributed by atoms with Gasteiger partial charge in [-0.3, -0.25) is 4.79 Å². The summed E-state index contributed by atoms with van der Waals surface area (Å²) in [6, 6.07) is 22.6. The van der Waals surface area contributed by atoms with Gasteiger partial charge >= 0.3 is 0 Å². The van der Waals surface area contributed by atoms with Crippen LogP contribution in [0.15, 0.2) is 78.0 Å². The number of amides is 1. The lowest BCUT2D eigenvalue weighted by Crippen LogP contribution is -2.41. The molecule has 9 heteroatoms. The number of methoxy groups -OCH3 is 1. The first-order valence-electron chi connectivity index (χ1n) is 10.7. The Labute approximate surface area is 206 Å². The van der Waals surface area contributed by atoms with Gasteiger partial charge < -0.3 is 15.5 Å². The van der Waals surface area contributed by atoms with Crippen LogP contribution in [0.3, 0.4) is 0 Å². The summed E-state index contributed by atoms with van der Waals surface area (Å²) in [5, 5.41) is 12.4. The first-order chi connectivity index (χ1) is 16.5. The molecule has 3 aromatic carbocycles. The quantitative estimate of drug-likeness (QED) is 0.393. The second-order valence-electron chi connectivity index (χ2n) is 7.88. The molecule has 2 unspecified atom stereocenters. The summed E-state index contributed by atoms with van der Waals surface area (Å²) >= 11 is 7.63. The Kier molecular flexibility index (Phi) is 6.17. The predicted molar refractivity (Wildman–Crippen MR) is 135 cm³/mol. The largest absolute Gasteiger partial charge is 0.497 e. The third-order valence-corrected chi connectivity index (χ3v) is 7.26. The topological polar surface area (TPSA) is 81.1 Å². The third-order valence-electron chi connectivity index (χ3n) is 5.64. The number of anilines is 1. The van der Waals surface area contributed by atoms with Gasteiger partial charge in [-0.25, -0.2) is 4.68 Å². The van der Waals surface area contributed by atoms with Crippen LogP contribution in [-0.2, 0) is 4.79 Å². The molecule has 1 aromatic heterocycles. The number of hydrogen-bond acceptors (Lipinski definition) is 6. The summed E-state index contributed by atoms with van der Waals surface area (Å²) in [6.07, 6.45) is 0. The molecule has 34 heavy (non-hydrogen) atoms. The highest BCUT2D eigenvalue weighted by Gasteiger charge is 2.38. The van der Waals surface area contributed by atoms with Crippen LogP contribution in [0, 0.1) is 6.92 Å². The molecule has 2 N–H and O–H groups in total. The molecule has 2 heterocycles. The van der Waals surface area contributed by atoms with Crippen molar-refractivity contribution in [2.24, 2.45) is 0 Å². The number of aromatic nitrogens is 3. The van der Waals surface area contributed by atoms with Crippen LogP contribution in [0.5, 0.6) is 5.75 Å². The standard InChI is InChI=1S/C25H22ClN5O2S/c1-15-8-11-18(14-20(15)26)27-24(32)22-21(16-9-12-19(33-2)13-10-16)30-31-23(28-29-25(31)34-22)17-6-4-3-5-7-17/h3-14,21-22,30H,1-2H3,(H,27,32). The van der Waals surface area contributed by atoms with Gasteiger partial charge in [0.25, 0.3) is 0 Å². The lowest BCUT2D eigenvalue weighted by molar-refractivity contribution is -0.116. The first-order valence-corrected chi connectivity index (χ1v) is 11.9. The molecule has 0 saturated heterocycles. The maximum absolute atomic E-state index is 13.5. The molecular weight excluding hydrogens is 470 g/mol. The number of rotatable bonds is 5. The minimum absolute atomic E-state index is 0.159. The van der Waals surface area contributed by atoms with Crippen molar-refractivity contribution >= 4 is 35.0 Å². The fraction of sp³-hybridized carbons (Fsp3) is 0.160. The number of halogens is 1. The van der Waals surface area contributed by atoms with E-state index in [9.17, 15) is 4.79 Å². The zero-order valence-corrected chi connectivity index (χ0v) is 20.1. The highest BCUT2D eigenvalue weighted by Crippen LogP contribution is 2.39. The average molecular weight is 492 g/mol. The molecule has 1 amide bonds. The van der Waals surface area contributed by atoms with E-state index in [0.717, 1.165) is 22.4 Å². The van der Waals surface area contributed by atoms with Gasteiger partial charge in [0.1, 0.15) is 11.0 Å². The van der Waals surface area contributed by atoms with E-state index in [-0.39, 0.29) is 11.9 Å². The monoisotopic (exact) mass is 491 g/mol. The molecule has 7 nitrogen and oxygen atoms in total. The molecule has 1 aliphatic heterocycles. The zero-order chi connectivity index (χ0) is 23.7. The maximum Gasteiger partial charge on any atom is 0.240 e. The number of thioether (sulfide) groups is 1. The molecule has 0 aliphatic carbocycles. The van der Waals surface area contributed by atoms with Crippen molar-refractivity contribution in [1.82, 2.24) is 14.9 Å². The number of nitrogens with zero attached hydrogens (tertiary/aromatic N) is 3. The molecule has 4 aromatic rings. The zero-order valence-electron chi connectivity index (χ0n) is 18.5. The number of carbonyl (C=O) groups is 1. The average Bonchev–Trinajstić information content (AvgIpc) is 3.29. The minimum Gasteiger partial charge on any atom is -0.497 e. The van der Waals surface area contributed by atoms with Crippen LogP contribution in [-0.4, -0.2) is 33.1 Å². The molecule has 0 saturated carbocycles. The van der Waals surface area contributed by atoms with E-state index in [0.29, 0.717) is 21.7 Å². The second-order valence-corrected chi connectivity index (χ2v) is 9.40. The molecule has 0 spiro atoms. The Morgan fingerprint density at radius 3 is 2.56 bits per heavy atom. The lowest BCUT2D eigenvalue weighted by Gasteiger charge is -2.33. The number of fused-ring (bicyclic) bond motifs is 1. The van der Waals surface area contributed by atoms with E-state index in [2.05, 4.69) is 20.9 Å². The number of benzene rings is 3. The van der Waals surface area contributed by atoms with E-state index in [4.69, 9.17) is 16.3 Å². The Hall–Kier alpha value is -3.49. The van der Waals surface area contributed by atoms with Gasteiger partial charge in [0.05, 0.1) is 13.2 Å². The van der Waals surface area contributed by atoms with Gasteiger partial charge in [0.15, 0.2) is 5.82 Å². The van der Waals surface area contributed by atoms with Crippen LogP contribution in [0.2, 0.25) is 5.02 Å². The highest BCUT2D eigenvalue weighted by atomic mass is 35.5. The lowest BCUT2D eigenvalue weighted by atomic mass is 10.0. The fourth-order valence-electron chi connectivity index (χ4n) is 3.77. The number of ether oxygens (including phenoxy) is 1. The summed E-state index contributed by atoms with van der Waals surface area (Å²) < 4.78 is 7.16. The summed E-state index contributed by atoms with van der Waals surface area (Å²) in [7, 11) is 1.63. The smallest absolute Gasteiger partial charge is 0.240 e. The molecule has 0 fully saturated rings. The van der Waals surface area contributed by atoms with E-state index >= 15 is 0 Å². The van der Waals surface area contributed by atoms with Crippen LogP contribution >= 0.6 is 23.4 Å². The molecule has 0 bridgehead atoms. The maximum atomic E-state index is 13.5. The van der Waals surface area contributed by atoms with Gasteiger partial charge in [0, 0.05) is 16.3 Å². The fourth-order valence-corrected chi connectivity index (χ4v) is 5.03. The van der Waals surface area contributed by atoms with Gasteiger partial charge in [-0.05, 0) is 42.3 Å². The van der Waals surface area contributed by atoms with Gasteiger partial charge in [-0.2, -0.15) is 0 Å². The van der Waals surface area contributed by atoms with Gasteiger partial charge in [-0.15, -0.1) is 10.2 Å². The van der Waals surface area contributed by atoms with Crippen molar-refractivity contribution in [3.63, 3.8) is 0 Å². The van der Waals surface area contributed by atoms with Crippen molar-refractivity contribution in [3.05, 3.63) is 88.9 Å². The van der Waals surface area contributed by atoms with Crippen molar-refractivity contribution in [2.75, 3.05) is 17.9 Å². The number of hydrogen-bond donors (Lipinski definition) is 2. The van der Waals surface area contributed by atoms with Gasteiger partial charge in [-0.1, -0.05) is 71.9 Å². The highest BCUT2D eigenvalue weighted by molar-refractivity contribution is 8.00. The first kappa shape index (κ1) is 22.3. The Morgan fingerprint density at radius 2 is 1.85 bits per heavy atom. The number of nitrogens with one attached hydrogen (secondary N) is 2. The minimum atomic E-state index is -0.506. The van der Waals surface area contributed by atoms with Crippen molar-refractivity contribution < 1.29 is 9.53 Å². The summed E-state index contributed by atoms with van der Waals surface area (Å²) in [5.74, 6) is 1.28. The molecule has 5 rings (SSSR count). The predicted octanol–water partition coefficient (Wildman–Crippen LogP) is 5.31. The van der Waals surface area contributed by atoms with Crippen molar-refractivity contribution in [2.45, 2.75) is 23.4 Å². The second kappa shape index (κ2) is 9.40. The van der Waals surface area contributed by atoms with E-state index < -0.39 is 5.25 Å². The Balaban J connectivity index is 1.50.